The Morgan fingerprint density at radius 3 is 2.17 bits per heavy atom. The zero-order chi connectivity index (χ0) is 7.87. The normalized spacial score (nSPS) is 69.4. The first kappa shape index (κ1) is 5.99. The van der Waals surface area contributed by atoms with Crippen LogP contribution in [0.1, 0.15) is 12.8 Å². The zero-order valence-electron chi connectivity index (χ0n) is 6.81. The first-order chi connectivity index (χ1) is 5.92. The van der Waals surface area contributed by atoms with Crippen LogP contribution in [0, 0.1) is 40.9 Å². The minimum atomic E-state index is 0.416. The van der Waals surface area contributed by atoms with E-state index in [0.717, 1.165) is 23.7 Å². The van der Waals surface area contributed by atoms with Gasteiger partial charge in [-0.05, 0) is 36.5 Å². The number of ether oxygens (including phenoxy) is 1. The summed E-state index contributed by atoms with van der Waals surface area (Å²) in [6.45, 7) is 0. The summed E-state index contributed by atoms with van der Waals surface area (Å²) >= 11 is 0. The predicted molar refractivity (Wildman–Crippen MR) is 41.0 cm³/mol. The van der Waals surface area contributed by atoms with Crippen LogP contribution < -0.4 is 0 Å². The number of fused-ring (bicyclic) bond motifs is 1. The minimum Gasteiger partial charge on any atom is -0.369 e. The summed E-state index contributed by atoms with van der Waals surface area (Å²) in [5.74, 6) is 3.46. The van der Waals surface area contributed by atoms with Crippen LogP contribution in [-0.4, -0.2) is 12.2 Å². The molecule has 0 aromatic carbocycles. The van der Waals surface area contributed by atoms with Gasteiger partial charge in [0.25, 0.3) is 0 Å². The fourth-order valence-electron chi connectivity index (χ4n) is 4.00. The lowest BCUT2D eigenvalue weighted by Crippen LogP contribution is -2.32. The molecule has 7 atom stereocenters. The Hall–Kier alpha value is -0.550. The third kappa shape index (κ3) is 0.456. The van der Waals surface area contributed by atoms with Gasteiger partial charge < -0.3 is 4.74 Å². The van der Waals surface area contributed by atoms with E-state index in [4.69, 9.17) is 10.00 Å². The maximum Gasteiger partial charge on any atom is 0.0876 e. The van der Waals surface area contributed by atoms with E-state index in [9.17, 15) is 0 Å². The number of rotatable bonds is 0. The molecule has 0 aromatic heterocycles. The topological polar surface area (TPSA) is 36.3 Å². The van der Waals surface area contributed by atoms with E-state index in [1.807, 2.05) is 0 Å². The van der Waals surface area contributed by atoms with Crippen molar-refractivity contribution in [3.05, 3.63) is 0 Å². The van der Waals surface area contributed by atoms with Crippen molar-refractivity contribution < 1.29 is 4.74 Å². The van der Waals surface area contributed by atoms with Crippen LogP contribution in [-0.2, 0) is 4.74 Å². The van der Waals surface area contributed by atoms with Crippen LogP contribution in [0.15, 0.2) is 0 Å². The molecule has 0 amide bonds. The lowest BCUT2D eigenvalue weighted by molar-refractivity contribution is 0.202. The second-order valence-electron chi connectivity index (χ2n) is 4.78. The van der Waals surface area contributed by atoms with Crippen LogP contribution in [0.5, 0.6) is 0 Å². The highest BCUT2D eigenvalue weighted by Gasteiger charge is 2.73. The van der Waals surface area contributed by atoms with E-state index >= 15 is 0 Å². The Labute approximate surface area is 71.5 Å². The van der Waals surface area contributed by atoms with Crippen molar-refractivity contribution in [2.75, 3.05) is 0 Å². The van der Waals surface area contributed by atoms with Crippen LogP contribution in [0.25, 0.3) is 0 Å². The van der Waals surface area contributed by atoms with Crippen LogP contribution in [0.2, 0.25) is 0 Å². The van der Waals surface area contributed by atoms with Gasteiger partial charge in [0.05, 0.1) is 24.2 Å². The maximum atomic E-state index is 8.91. The fourth-order valence-corrected chi connectivity index (χ4v) is 4.00. The van der Waals surface area contributed by atoms with Gasteiger partial charge in [-0.15, -0.1) is 0 Å². The monoisotopic (exact) mass is 161 g/mol. The van der Waals surface area contributed by atoms with Crippen LogP contribution in [0.4, 0.5) is 0 Å². The second-order valence-corrected chi connectivity index (χ2v) is 4.78. The smallest absolute Gasteiger partial charge is 0.0876 e. The van der Waals surface area contributed by atoms with Crippen molar-refractivity contribution >= 4 is 0 Å². The molecule has 5 rings (SSSR count). The molecule has 12 heavy (non-hydrogen) atoms. The Morgan fingerprint density at radius 2 is 1.67 bits per heavy atom. The highest BCUT2D eigenvalue weighted by atomic mass is 16.6. The summed E-state index contributed by atoms with van der Waals surface area (Å²) in [6, 6.07) is 2.47. The van der Waals surface area contributed by atoms with E-state index in [1.165, 1.54) is 12.8 Å². The molecular weight excluding hydrogens is 150 g/mol. The quantitative estimate of drug-likeness (QED) is 0.500. The first-order valence-electron chi connectivity index (χ1n) is 4.97. The molecule has 2 bridgehead atoms. The van der Waals surface area contributed by atoms with E-state index in [-0.39, 0.29) is 0 Å². The molecule has 1 heterocycles. The van der Waals surface area contributed by atoms with Gasteiger partial charge in [0.15, 0.2) is 0 Å². The van der Waals surface area contributed by atoms with Crippen molar-refractivity contribution in [3.8, 4) is 6.07 Å². The number of hydrogen-bond acceptors (Lipinski definition) is 2. The molecule has 2 heteroatoms. The molecule has 2 nitrogen and oxygen atoms in total. The van der Waals surface area contributed by atoms with Crippen molar-refractivity contribution in [1.29, 1.82) is 5.26 Å². The zero-order valence-corrected chi connectivity index (χ0v) is 6.81. The van der Waals surface area contributed by atoms with E-state index in [2.05, 4.69) is 6.07 Å². The number of hydrogen-bond donors (Lipinski definition) is 0. The van der Waals surface area contributed by atoms with Gasteiger partial charge in [-0.1, -0.05) is 0 Å². The molecule has 1 saturated heterocycles. The van der Waals surface area contributed by atoms with Crippen molar-refractivity contribution in [2.45, 2.75) is 25.0 Å². The summed E-state index contributed by atoms with van der Waals surface area (Å²) in [6.07, 6.45) is 3.85. The molecule has 3 unspecified atom stereocenters. The molecule has 5 fully saturated rings. The van der Waals surface area contributed by atoms with Crippen molar-refractivity contribution in [1.82, 2.24) is 0 Å². The largest absolute Gasteiger partial charge is 0.369 e. The Bertz CT molecular complexity index is 273. The van der Waals surface area contributed by atoms with E-state index in [0.29, 0.717) is 18.1 Å². The Balaban J connectivity index is 1.77. The number of nitrogens with zero attached hydrogens (tertiary/aromatic N) is 1. The fraction of sp³-hybridized carbons (Fsp3) is 0.900. The lowest BCUT2D eigenvalue weighted by atomic mass is 9.71. The van der Waals surface area contributed by atoms with Gasteiger partial charge in [0, 0.05) is 0 Å². The van der Waals surface area contributed by atoms with Gasteiger partial charge in [0.1, 0.15) is 0 Å². The average molecular weight is 161 g/mol. The summed E-state index contributed by atoms with van der Waals surface area (Å²) in [5.41, 5.74) is 0. The summed E-state index contributed by atoms with van der Waals surface area (Å²) in [7, 11) is 0. The highest BCUT2D eigenvalue weighted by Crippen LogP contribution is 2.70. The summed E-state index contributed by atoms with van der Waals surface area (Å²) in [4.78, 5) is 0. The van der Waals surface area contributed by atoms with Crippen molar-refractivity contribution in [2.24, 2.45) is 29.6 Å². The Kier molecular flexibility index (Phi) is 0.779. The van der Waals surface area contributed by atoms with Gasteiger partial charge >= 0.3 is 0 Å². The molecule has 5 aliphatic rings. The summed E-state index contributed by atoms with van der Waals surface area (Å²) < 4.78 is 5.65. The average Bonchev–Trinajstić information content (AvgIpc) is 2.99. The van der Waals surface area contributed by atoms with Gasteiger partial charge in [-0.2, -0.15) is 5.26 Å². The Morgan fingerprint density at radius 1 is 1.08 bits per heavy atom. The minimum absolute atomic E-state index is 0.416. The van der Waals surface area contributed by atoms with Crippen molar-refractivity contribution in [3.63, 3.8) is 0 Å². The maximum absolute atomic E-state index is 8.91. The lowest BCUT2D eigenvalue weighted by Gasteiger charge is -2.30. The van der Waals surface area contributed by atoms with Crippen LogP contribution in [0.3, 0.4) is 0 Å². The molecule has 0 aromatic rings. The molecule has 4 aliphatic carbocycles. The predicted octanol–water partition coefficient (Wildman–Crippen LogP) is 1.18. The molecule has 0 N–H and O–H groups in total. The summed E-state index contributed by atoms with van der Waals surface area (Å²) in [5, 5.41) is 8.91. The van der Waals surface area contributed by atoms with E-state index < -0.39 is 0 Å². The molecule has 0 spiro atoms. The molecule has 0 radical (unpaired) electrons. The van der Waals surface area contributed by atoms with Gasteiger partial charge in [-0.25, -0.2) is 0 Å². The van der Waals surface area contributed by atoms with E-state index in [1.54, 1.807) is 0 Å². The van der Waals surface area contributed by atoms with Crippen LogP contribution >= 0.6 is 0 Å². The SMILES string of the molecule is N#CC1[C@@H]2[C@H]1[C@@H]1CC[C@H]2C2OC21. The van der Waals surface area contributed by atoms with Gasteiger partial charge in [-0.3, -0.25) is 0 Å². The molecule has 4 saturated carbocycles. The first-order valence-corrected chi connectivity index (χ1v) is 4.97. The third-order valence-corrected chi connectivity index (χ3v) is 4.51. The highest BCUT2D eigenvalue weighted by molar-refractivity contribution is 5.24. The molecule has 1 aliphatic heterocycles. The second kappa shape index (κ2) is 1.56. The standard InChI is InChI=1S/C10H11NO/c11-3-6-7-4-1-2-5(8(6)7)10-9(4)12-10/h4-10H,1-2H2/t4-,5+,6?,7-,8+,9?,10?. The van der Waals surface area contributed by atoms with Gasteiger partial charge in [0.2, 0.25) is 0 Å². The molecule has 62 valence electrons. The molecular formula is C10H11NO. The number of nitriles is 1. The third-order valence-electron chi connectivity index (χ3n) is 4.51. The number of epoxide rings is 1.